The van der Waals surface area contributed by atoms with E-state index in [2.05, 4.69) is 34.8 Å². The zero-order valence-corrected chi connectivity index (χ0v) is 16.5. The molecule has 1 aromatic carbocycles. The molecule has 0 aliphatic rings. The van der Waals surface area contributed by atoms with Crippen LogP contribution in [-0.2, 0) is 6.61 Å². The Labute approximate surface area is 156 Å². The molecule has 0 radical (unpaired) electrons. The normalized spacial score (nSPS) is 11.4. The highest BCUT2D eigenvalue weighted by Gasteiger charge is 2.13. The van der Waals surface area contributed by atoms with Crippen molar-refractivity contribution in [1.82, 2.24) is 4.98 Å². The lowest BCUT2D eigenvalue weighted by molar-refractivity contribution is 0.300. The number of halogens is 2. The quantitative estimate of drug-likeness (QED) is 0.502. The van der Waals surface area contributed by atoms with Crippen LogP contribution < -0.4 is 10.4 Å². The first-order valence-corrected chi connectivity index (χ1v) is 9.41. The van der Waals surface area contributed by atoms with E-state index in [1.54, 1.807) is 24.3 Å². The van der Waals surface area contributed by atoms with Crippen LogP contribution in [0.25, 0.3) is 11.0 Å². The maximum absolute atomic E-state index is 11.7. The molecule has 0 fully saturated rings. The molecule has 7 heteroatoms. The molecule has 0 N–H and O–H groups in total. The molecular formula is C17H15BrClNO3S. The van der Waals surface area contributed by atoms with Crippen LogP contribution in [-0.4, -0.2) is 4.98 Å². The summed E-state index contributed by atoms with van der Waals surface area (Å²) in [5.74, 6) is 0.990. The molecule has 0 bridgehead atoms. The number of hydrogen-bond acceptors (Lipinski definition) is 5. The largest absolute Gasteiger partial charge is 0.486 e. The fourth-order valence-corrected chi connectivity index (χ4v) is 3.66. The lowest BCUT2D eigenvalue weighted by Gasteiger charge is -2.09. The Morgan fingerprint density at radius 3 is 2.83 bits per heavy atom. The van der Waals surface area contributed by atoms with Crippen LogP contribution in [0.3, 0.4) is 0 Å². The predicted molar refractivity (Wildman–Crippen MR) is 100 cm³/mol. The second-order valence-electron chi connectivity index (χ2n) is 5.73. The number of aromatic nitrogens is 1. The smallest absolute Gasteiger partial charge is 0.355 e. The van der Waals surface area contributed by atoms with Gasteiger partial charge in [0.15, 0.2) is 0 Å². The molecule has 2 aromatic heterocycles. The number of hydrogen-bond donors (Lipinski definition) is 0. The summed E-state index contributed by atoms with van der Waals surface area (Å²) < 4.78 is 11.9. The van der Waals surface area contributed by atoms with Gasteiger partial charge in [0.25, 0.3) is 0 Å². The SMILES string of the molecule is Cc1c(Cl)c(=O)oc2cc(OCc3csc(C(C)C)n3)c(Br)cc12. The van der Waals surface area contributed by atoms with E-state index in [-0.39, 0.29) is 5.02 Å². The second kappa shape index (κ2) is 6.86. The van der Waals surface area contributed by atoms with Gasteiger partial charge in [-0.15, -0.1) is 11.3 Å². The Bertz CT molecular complexity index is 964. The molecule has 0 saturated heterocycles. The molecule has 0 atom stereocenters. The molecule has 4 nitrogen and oxygen atoms in total. The van der Waals surface area contributed by atoms with Crippen LogP contribution in [0.2, 0.25) is 5.02 Å². The van der Waals surface area contributed by atoms with E-state index in [0.29, 0.717) is 29.4 Å². The Kier molecular flexibility index (Phi) is 4.99. The summed E-state index contributed by atoms with van der Waals surface area (Å²) in [5, 5.41) is 3.96. The maximum atomic E-state index is 11.7. The Hall–Kier alpha value is -1.37. The highest BCUT2D eigenvalue weighted by atomic mass is 79.9. The maximum Gasteiger partial charge on any atom is 0.355 e. The fraction of sp³-hybridized carbons (Fsp3) is 0.294. The van der Waals surface area contributed by atoms with Crippen LogP contribution in [0.4, 0.5) is 0 Å². The Balaban J connectivity index is 1.90. The van der Waals surface area contributed by atoms with Gasteiger partial charge in [-0.3, -0.25) is 0 Å². The average molecular weight is 429 g/mol. The van der Waals surface area contributed by atoms with Gasteiger partial charge < -0.3 is 9.15 Å². The van der Waals surface area contributed by atoms with Crippen molar-refractivity contribution in [2.45, 2.75) is 33.3 Å². The summed E-state index contributed by atoms with van der Waals surface area (Å²) in [7, 11) is 0. The van der Waals surface area contributed by atoms with Crippen molar-refractivity contribution in [1.29, 1.82) is 0 Å². The average Bonchev–Trinajstić information content (AvgIpc) is 3.01. The molecule has 3 rings (SSSR count). The van der Waals surface area contributed by atoms with Gasteiger partial charge in [0.2, 0.25) is 0 Å². The van der Waals surface area contributed by atoms with Gasteiger partial charge in [-0.25, -0.2) is 9.78 Å². The van der Waals surface area contributed by atoms with E-state index in [1.807, 2.05) is 11.4 Å². The molecule has 126 valence electrons. The molecule has 3 aromatic rings. The van der Waals surface area contributed by atoms with Crippen molar-refractivity contribution in [3.63, 3.8) is 0 Å². The molecule has 0 unspecified atom stereocenters. The molecular weight excluding hydrogens is 414 g/mol. The number of ether oxygens (including phenoxy) is 1. The number of fused-ring (bicyclic) bond motifs is 1. The van der Waals surface area contributed by atoms with E-state index in [1.165, 1.54) is 0 Å². The molecule has 0 spiro atoms. The molecule has 0 amide bonds. The number of aryl methyl sites for hydroxylation is 1. The van der Waals surface area contributed by atoms with Crippen molar-refractivity contribution in [2.75, 3.05) is 0 Å². The first-order valence-electron chi connectivity index (χ1n) is 7.36. The number of thiazole rings is 1. The minimum Gasteiger partial charge on any atom is -0.486 e. The lowest BCUT2D eigenvalue weighted by atomic mass is 10.1. The topological polar surface area (TPSA) is 52.3 Å². The van der Waals surface area contributed by atoms with Gasteiger partial charge in [0.1, 0.15) is 23.0 Å². The van der Waals surface area contributed by atoms with Gasteiger partial charge in [-0.05, 0) is 34.5 Å². The highest BCUT2D eigenvalue weighted by Crippen LogP contribution is 2.33. The molecule has 0 aliphatic heterocycles. The zero-order valence-electron chi connectivity index (χ0n) is 13.4. The van der Waals surface area contributed by atoms with Crippen LogP contribution in [0, 0.1) is 6.92 Å². The zero-order chi connectivity index (χ0) is 17.4. The summed E-state index contributed by atoms with van der Waals surface area (Å²) in [4.78, 5) is 16.3. The summed E-state index contributed by atoms with van der Waals surface area (Å²) >= 11 is 11.1. The van der Waals surface area contributed by atoms with Crippen molar-refractivity contribution in [2.24, 2.45) is 0 Å². The standard InChI is InChI=1S/C17H15BrClNO3S/c1-8(2)16-20-10(7-24-16)6-22-14-5-13-11(4-12(14)18)9(3)15(19)17(21)23-13/h4-5,7-8H,6H2,1-3H3. The molecule has 24 heavy (non-hydrogen) atoms. The number of rotatable bonds is 4. The van der Waals surface area contributed by atoms with E-state index in [0.717, 1.165) is 20.6 Å². The lowest BCUT2D eigenvalue weighted by Crippen LogP contribution is -2.03. The van der Waals surface area contributed by atoms with E-state index < -0.39 is 5.63 Å². The summed E-state index contributed by atoms with van der Waals surface area (Å²) in [6.45, 7) is 6.36. The van der Waals surface area contributed by atoms with Gasteiger partial charge >= 0.3 is 5.63 Å². The highest BCUT2D eigenvalue weighted by molar-refractivity contribution is 9.10. The molecule has 0 aliphatic carbocycles. The number of benzene rings is 1. The third kappa shape index (κ3) is 3.36. The molecule has 2 heterocycles. The summed E-state index contributed by atoms with van der Waals surface area (Å²) in [6, 6.07) is 3.54. The monoisotopic (exact) mass is 427 g/mol. The minimum atomic E-state index is -0.545. The first kappa shape index (κ1) is 17.5. The summed E-state index contributed by atoms with van der Waals surface area (Å²) in [5.41, 5.74) is 1.47. The second-order valence-corrected chi connectivity index (χ2v) is 7.85. The van der Waals surface area contributed by atoms with Gasteiger partial charge in [0, 0.05) is 22.8 Å². The van der Waals surface area contributed by atoms with E-state index in [9.17, 15) is 4.79 Å². The number of nitrogens with zero attached hydrogens (tertiary/aromatic N) is 1. The van der Waals surface area contributed by atoms with Crippen LogP contribution in [0.5, 0.6) is 5.75 Å². The van der Waals surface area contributed by atoms with E-state index >= 15 is 0 Å². The third-order valence-electron chi connectivity index (χ3n) is 3.59. The molecule has 0 saturated carbocycles. The van der Waals surface area contributed by atoms with E-state index in [4.69, 9.17) is 20.8 Å². The predicted octanol–water partition coefficient (Wildman–Crippen LogP) is 5.68. The summed E-state index contributed by atoms with van der Waals surface area (Å²) in [6.07, 6.45) is 0. The van der Waals surface area contributed by atoms with Gasteiger partial charge in [-0.2, -0.15) is 0 Å². The van der Waals surface area contributed by atoms with Crippen LogP contribution in [0.15, 0.2) is 31.2 Å². The van der Waals surface area contributed by atoms with Crippen molar-refractivity contribution in [3.05, 3.63) is 53.7 Å². The van der Waals surface area contributed by atoms with Gasteiger partial charge in [-0.1, -0.05) is 25.4 Å². The van der Waals surface area contributed by atoms with Crippen molar-refractivity contribution in [3.8, 4) is 5.75 Å². The third-order valence-corrected chi connectivity index (χ3v) is 5.84. The van der Waals surface area contributed by atoms with Crippen molar-refractivity contribution >= 4 is 49.8 Å². The van der Waals surface area contributed by atoms with Crippen LogP contribution >= 0.6 is 38.9 Å². The Morgan fingerprint density at radius 1 is 1.42 bits per heavy atom. The minimum absolute atomic E-state index is 0.103. The van der Waals surface area contributed by atoms with Gasteiger partial charge in [0.05, 0.1) is 15.2 Å². The Morgan fingerprint density at radius 2 is 2.17 bits per heavy atom. The first-order chi connectivity index (χ1) is 11.4. The van der Waals surface area contributed by atoms with Crippen LogP contribution in [0.1, 0.15) is 36.0 Å². The van der Waals surface area contributed by atoms with Crippen molar-refractivity contribution < 1.29 is 9.15 Å². The fourth-order valence-electron chi connectivity index (χ4n) is 2.24.